The van der Waals surface area contributed by atoms with Crippen molar-refractivity contribution in [1.29, 1.82) is 0 Å². The fourth-order valence-corrected chi connectivity index (χ4v) is 3.38. The molecule has 3 rings (SSSR count). The quantitative estimate of drug-likeness (QED) is 0.868. The summed E-state index contributed by atoms with van der Waals surface area (Å²) in [6.45, 7) is 6.40. The van der Waals surface area contributed by atoms with E-state index in [0.29, 0.717) is 17.0 Å². The molecule has 0 bridgehead atoms. The summed E-state index contributed by atoms with van der Waals surface area (Å²) >= 11 is 6.05. The summed E-state index contributed by atoms with van der Waals surface area (Å²) in [6, 6.07) is 8.27. The molecule has 2 aromatic rings. The largest absolute Gasteiger partial charge is 0.444 e. The maximum atomic E-state index is 6.05. The first-order valence-corrected chi connectivity index (χ1v) is 8.79. The molecular weight excluding hydrogens is 310 g/mol. The number of benzene rings is 1. The van der Waals surface area contributed by atoms with Crippen LogP contribution in [0, 0.1) is 0 Å². The first-order valence-electron chi connectivity index (χ1n) is 8.41. The summed E-state index contributed by atoms with van der Waals surface area (Å²) < 4.78 is 5.66. The van der Waals surface area contributed by atoms with E-state index in [1.165, 1.54) is 12.8 Å². The molecule has 0 radical (unpaired) electrons. The van der Waals surface area contributed by atoms with E-state index in [-0.39, 0.29) is 0 Å². The number of rotatable bonds is 6. The highest BCUT2D eigenvalue weighted by Crippen LogP contribution is 2.23. The van der Waals surface area contributed by atoms with Gasteiger partial charge in [-0.05, 0) is 57.1 Å². The SMILES string of the molecule is CCCN(Cc1coc(-c2cccc(Cl)c2)n1)C1CCNCC1. The molecule has 1 aromatic heterocycles. The van der Waals surface area contributed by atoms with Gasteiger partial charge in [0.25, 0.3) is 0 Å². The number of nitrogens with zero attached hydrogens (tertiary/aromatic N) is 2. The van der Waals surface area contributed by atoms with Crippen molar-refractivity contribution >= 4 is 11.6 Å². The van der Waals surface area contributed by atoms with E-state index in [9.17, 15) is 0 Å². The van der Waals surface area contributed by atoms with Gasteiger partial charge >= 0.3 is 0 Å². The average Bonchev–Trinajstić information content (AvgIpc) is 3.04. The van der Waals surface area contributed by atoms with Crippen LogP contribution in [0.1, 0.15) is 31.9 Å². The summed E-state index contributed by atoms with van der Waals surface area (Å²) in [4.78, 5) is 7.20. The van der Waals surface area contributed by atoms with Crippen molar-refractivity contribution in [2.24, 2.45) is 0 Å². The highest BCUT2D eigenvalue weighted by molar-refractivity contribution is 6.30. The molecule has 2 heterocycles. The minimum atomic E-state index is 0.641. The van der Waals surface area contributed by atoms with Crippen LogP contribution in [-0.2, 0) is 6.54 Å². The fraction of sp³-hybridized carbons (Fsp3) is 0.500. The second-order valence-electron chi connectivity index (χ2n) is 6.11. The van der Waals surface area contributed by atoms with Crippen molar-refractivity contribution in [1.82, 2.24) is 15.2 Å². The van der Waals surface area contributed by atoms with E-state index in [0.717, 1.165) is 43.9 Å². The number of hydrogen-bond donors (Lipinski definition) is 1. The normalized spacial score (nSPS) is 16.1. The summed E-state index contributed by atoms with van der Waals surface area (Å²) in [6.07, 6.45) is 5.35. The number of piperidine rings is 1. The van der Waals surface area contributed by atoms with E-state index in [1.54, 1.807) is 6.26 Å². The molecule has 5 heteroatoms. The Morgan fingerprint density at radius 3 is 2.91 bits per heavy atom. The predicted molar refractivity (Wildman–Crippen MR) is 93.5 cm³/mol. The Kier molecular flexibility index (Phi) is 5.70. The Labute approximate surface area is 142 Å². The van der Waals surface area contributed by atoms with Gasteiger partial charge in [0.15, 0.2) is 0 Å². The molecule has 0 aliphatic carbocycles. The van der Waals surface area contributed by atoms with Crippen LogP contribution in [0.4, 0.5) is 0 Å². The van der Waals surface area contributed by atoms with Gasteiger partial charge in [-0.25, -0.2) is 4.98 Å². The zero-order chi connectivity index (χ0) is 16.1. The van der Waals surface area contributed by atoms with E-state index in [4.69, 9.17) is 16.0 Å². The van der Waals surface area contributed by atoms with Crippen LogP contribution in [-0.4, -0.2) is 35.6 Å². The second kappa shape index (κ2) is 7.95. The third kappa shape index (κ3) is 4.34. The number of hydrogen-bond acceptors (Lipinski definition) is 4. The molecule has 0 amide bonds. The van der Waals surface area contributed by atoms with Gasteiger partial charge in [-0.2, -0.15) is 0 Å². The molecule has 1 aliphatic heterocycles. The molecule has 1 aliphatic rings. The van der Waals surface area contributed by atoms with Gasteiger partial charge in [0.1, 0.15) is 6.26 Å². The lowest BCUT2D eigenvalue weighted by molar-refractivity contribution is 0.152. The smallest absolute Gasteiger partial charge is 0.226 e. The van der Waals surface area contributed by atoms with Gasteiger partial charge in [0.05, 0.1) is 5.69 Å². The second-order valence-corrected chi connectivity index (χ2v) is 6.54. The zero-order valence-corrected chi connectivity index (χ0v) is 14.4. The first-order chi connectivity index (χ1) is 11.3. The Hall–Kier alpha value is -1.36. The van der Waals surface area contributed by atoms with Crippen LogP contribution in [0.15, 0.2) is 34.9 Å². The molecule has 1 fully saturated rings. The minimum absolute atomic E-state index is 0.641. The summed E-state index contributed by atoms with van der Waals surface area (Å²) in [5.74, 6) is 0.643. The lowest BCUT2D eigenvalue weighted by Crippen LogP contribution is -2.43. The van der Waals surface area contributed by atoms with E-state index < -0.39 is 0 Å². The third-order valence-corrected chi connectivity index (χ3v) is 4.56. The van der Waals surface area contributed by atoms with Crippen molar-refractivity contribution in [2.45, 2.75) is 38.8 Å². The molecule has 0 spiro atoms. The molecule has 1 N–H and O–H groups in total. The standard InChI is InChI=1S/C18H24ClN3O/c1-2-10-22(17-6-8-20-9-7-17)12-16-13-23-18(21-16)14-4-3-5-15(19)11-14/h3-5,11,13,17,20H,2,6-10,12H2,1H3. The molecule has 4 nitrogen and oxygen atoms in total. The van der Waals surface area contributed by atoms with Crippen molar-refractivity contribution < 1.29 is 4.42 Å². The van der Waals surface area contributed by atoms with Crippen LogP contribution in [0.3, 0.4) is 0 Å². The Morgan fingerprint density at radius 1 is 1.35 bits per heavy atom. The maximum Gasteiger partial charge on any atom is 0.226 e. The number of oxazole rings is 1. The lowest BCUT2D eigenvalue weighted by Gasteiger charge is -2.33. The zero-order valence-electron chi connectivity index (χ0n) is 13.6. The summed E-state index contributed by atoms with van der Waals surface area (Å²) in [7, 11) is 0. The predicted octanol–water partition coefficient (Wildman–Crippen LogP) is 3.96. The third-order valence-electron chi connectivity index (χ3n) is 4.32. The molecule has 1 saturated heterocycles. The Bertz CT molecular complexity index is 622. The number of aromatic nitrogens is 1. The van der Waals surface area contributed by atoms with Gasteiger partial charge in [0.2, 0.25) is 5.89 Å². The van der Waals surface area contributed by atoms with Crippen molar-refractivity contribution in [2.75, 3.05) is 19.6 Å². The lowest BCUT2D eigenvalue weighted by atomic mass is 10.0. The molecule has 0 saturated carbocycles. The van der Waals surface area contributed by atoms with Crippen molar-refractivity contribution in [3.05, 3.63) is 41.2 Å². The number of halogens is 1. The van der Waals surface area contributed by atoms with Gasteiger partial charge in [-0.15, -0.1) is 0 Å². The van der Waals surface area contributed by atoms with E-state index in [1.807, 2.05) is 24.3 Å². The monoisotopic (exact) mass is 333 g/mol. The van der Waals surface area contributed by atoms with Crippen LogP contribution >= 0.6 is 11.6 Å². The first kappa shape index (κ1) is 16.5. The van der Waals surface area contributed by atoms with Crippen molar-refractivity contribution in [3.8, 4) is 11.5 Å². The summed E-state index contributed by atoms with van der Waals surface area (Å²) in [5.41, 5.74) is 1.92. The van der Waals surface area contributed by atoms with Gasteiger partial charge in [0, 0.05) is 23.2 Å². The van der Waals surface area contributed by atoms with Gasteiger partial charge in [-0.3, -0.25) is 4.90 Å². The molecule has 124 valence electrons. The van der Waals surface area contributed by atoms with E-state index in [2.05, 4.69) is 22.1 Å². The van der Waals surface area contributed by atoms with Crippen LogP contribution in [0.2, 0.25) is 5.02 Å². The highest BCUT2D eigenvalue weighted by atomic mass is 35.5. The van der Waals surface area contributed by atoms with Gasteiger partial charge < -0.3 is 9.73 Å². The van der Waals surface area contributed by atoms with E-state index >= 15 is 0 Å². The molecular formula is C18H24ClN3O. The van der Waals surface area contributed by atoms with Crippen LogP contribution < -0.4 is 5.32 Å². The summed E-state index contributed by atoms with van der Waals surface area (Å²) in [5, 5.41) is 4.13. The topological polar surface area (TPSA) is 41.3 Å². The fourth-order valence-electron chi connectivity index (χ4n) is 3.19. The maximum absolute atomic E-state index is 6.05. The van der Waals surface area contributed by atoms with Crippen LogP contribution in [0.25, 0.3) is 11.5 Å². The van der Waals surface area contributed by atoms with Crippen molar-refractivity contribution in [3.63, 3.8) is 0 Å². The minimum Gasteiger partial charge on any atom is -0.444 e. The molecule has 1 aromatic carbocycles. The highest BCUT2D eigenvalue weighted by Gasteiger charge is 2.21. The Balaban J connectivity index is 1.71. The average molecular weight is 334 g/mol. The Morgan fingerprint density at radius 2 is 2.17 bits per heavy atom. The van der Waals surface area contributed by atoms with Gasteiger partial charge in [-0.1, -0.05) is 24.6 Å². The number of nitrogens with one attached hydrogen (secondary N) is 1. The molecule has 0 unspecified atom stereocenters. The molecule has 0 atom stereocenters. The van der Waals surface area contributed by atoms with Crippen LogP contribution in [0.5, 0.6) is 0 Å². The molecule has 23 heavy (non-hydrogen) atoms.